The lowest BCUT2D eigenvalue weighted by Crippen LogP contribution is -2.39. The molecule has 1 saturated carbocycles. The van der Waals surface area contributed by atoms with Gasteiger partial charge in [-0.3, -0.25) is 4.79 Å². The Labute approximate surface area is 111 Å². The number of anilines is 2. The van der Waals surface area contributed by atoms with E-state index in [1.54, 1.807) is 6.92 Å². The Kier molecular flexibility index (Phi) is 3.98. The second-order valence-corrected chi connectivity index (χ2v) is 4.38. The summed E-state index contributed by atoms with van der Waals surface area (Å²) in [5.41, 5.74) is 5.55. The van der Waals surface area contributed by atoms with Gasteiger partial charge in [0.15, 0.2) is 0 Å². The van der Waals surface area contributed by atoms with Crippen LogP contribution in [0.15, 0.2) is 0 Å². The highest BCUT2D eigenvalue weighted by Gasteiger charge is 2.25. The quantitative estimate of drug-likeness (QED) is 0.660. The van der Waals surface area contributed by atoms with Crippen LogP contribution < -0.4 is 21.1 Å². The van der Waals surface area contributed by atoms with Gasteiger partial charge in [-0.2, -0.15) is 15.0 Å². The van der Waals surface area contributed by atoms with Crippen molar-refractivity contribution in [2.45, 2.75) is 38.8 Å². The third kappa shape index (κ3) is 3.94. The van der Waals surface area contributed by atoms with Crippen molar-refractivity contribution in [3.05, 3.63) is 0 Å². The molecule has 0 saturated heterocycles. The van der Waals surface area contributed by atoms with E-state index in [1.165, 1.54) is 0 Å². The first-order valence-electron chi connectivity index (χ1n) is 6.29. The molecule has 1 unspecified atom stereocenters. The molecule has 1 aliphatic rings. The summed E-state index contributed by atoms with van der Waals surface area (Å²) in [5.74, 6) is 0.199. The lowest BCUT2D eigenvalue weighted by Gasteiger charge is -2.14. The van der Waals surface area contributed by atoms with Crippen LogP contribution in [0.5, 0.6) is 6.01 Å². The molecule has 0 spiro atoms. The minimum Gasteiger partial charge on any atom is -0.464 e. The molecular formula is C11H18N6O2. The Morgan fingerprint density at radius 2 is 2.21 bits per heavy atom. The average molecular weight is 266 g/mol. The summed E-state index contributed by atoms with van der Waals surface area (Å²) < 4.78 is 5.16. The van der Waals surface area contributed by atoms with E-state index < -0.39 is 6.04 Å². The van der Waals surface area contributed by atoms with Crippen LogP contribution in [0.1, 0.15) is 26.7 Å². The van der Waals surface area contributed by atoms with Gasteiger partial charge >= 0.3 is 6.01 Å². The number of hydrogen-bond acceptors (Lipinski definition) is 7. The molecule has 1 aliphatic carbocycles. The molecule has 2 rings (SSSR count). The molecule has 0 aromatic carbocycles. The first-order chi connectivity index (χ1) is 9.08. The van der Waals surface area contributed by atoms with E-state index in [2.05, 4.69) is 25.6 Å². The zero-order valence-corrected chi connectivity index (χ0v) is 11.0. The number of nitrogens with zero attached hydrogens (tertiary/aromatic N) is 3. The van der Waals surface area contributed by atoms with E-state index >= 15 is 0 Å². The van der Waals surface area contributed by atoms with Crippen LogP contribution in [0, 0.1) is 0 Å². The van der Waals surface area contributed by atoms with Crippen LogP contribution in [0.25, 0.3) is 0 Å². The van der Waals surface area contributed by atoms with E-state index in [9.17, 15) is 4.79 Å². The van der Waals surface area contributed by atoms with Crippen molar-refractivity contribution in [3.8, 4) is 6.01 Å². The Bertz CT molecular complexity index is 462. The number of rotatable bonds is 6. The smallest absolute Gasteiger partial charge is 0.323 e. The van der Waals surface area contributed by atoms with Crippen LogP contribution in [-0.4, -0.2) is 39.5 Å². The lowest BCUT2D eigenvalue weighted by molar-refractivity contribution is -0.121. The number of carbonyl (C=O) groups excluding carboxylic acids is 1. The van der Waals surface area contributed by atoms with Gasteiger partial charge in [0.25, 0.3) is 0 Å². The van der Waals surface area contributed by atoms with E-state index in [0.29, 0.717) is 12.6 Å². The van der Waals surface area contributed by atoms with Crippen molar-refractivity contribution in [3.63, 3.8) is 0 Å². The molecule has 1 fully saturated rings. The number of amides is 1. The molecule has 8 heteroatoms. The molecule has 1 aromatic heterocycles. The molecule has 4 N–H and O–H groups in total. The van der Waals surface area contributed by atoms with Gasteiger partial charge in [-0.05, 0) is 26.7 Å². The van der Waals surface area contributed by atoms with Crippen LogP contribution in [0.2, 0.25) is 0 Å². The third-order valence-electron chi connectivity index (χ3n) is 2.57. The molecule has 8 nitrogen and oxygen atoms in total. The van der Waals surface area contributed by atoms with Gasteiger partial charge < -0.3 is 21.1 Å². The largest absolute Gasteiger partial charge is 0.464 e. The van der Waals surface area contributed by atoms with Crippen molar-refractivity contribution in [1.29, 1.82) is 0 Å². The van der Waals surface area contributed by atoms with E-state index in [-0.39, 0.29) is 23.8 Å². The number of aromatic nitrogens is 3. The molecule has 0 aliphatic heterocycles. The molecule has 1 amide bonds. The van der Waals surface area contributed by atoms with E-state index in [4.69, 9.17) is 10.5 Å². The fraction of sp³-hybridized carbons (Fsp3) is 0.636. The summed E-state index contributed by atoms with van der Waals surface area (Å²) in [7, 11) is 0. The molecule has 1 heterocycles. The molecule has 1 atom stereocenters. The summed E-state index contributed by atoms with van der Waals surface area (Å²) in [5, 5.41) is 5.77. The predicted molar refractivity (Wildman–Crippen MR) is 69.7 cm³/mol. The third-order valence-corrected chi connectivity index (χ3v) is 2.57. The van der Waals surface area contributed by atoms with Gasteiger partial charge in [0, 0.05) is 6.04 Å². The number of nitrogens with one attached hydrogen (secondary N) is 2. The number of ether oxygens (including phenoxy) is 1. The monoisotopic (exact) mass is 266 g/mol. The maximum Gasteiger partial charge on any atom is 0.323 e. The Balaban J connectivity index is 1.98. The summed E-state index contributed by atoms with van der Waals surface area (Å²) in [6, 6.07) is 0.0170. The maximum absolute atomic E-state index is 11.8. The fourth-order valence-electron chi connectivity index (χ4n) is 1.44. The predicted octanol–water partition coefficient (Wildman–Crippen LogP) is -0.0685. The maximum atomic E-state index is 11.8. The van der Waals surface area contributed by atoms with Crippen molar-refractivity contribution in [2.75, 3.05) is 17.7 Å². The molecular weight excluding hydrogens is 248 g/mol. The standard InChI is InChI=1S/C11H18N6O2/c1-3-19-11-16-9(12)15-10(17-11)13-6(2)8(18)14-7-4-5-7/h6-7H,3-5H2,1-2H3,(H,14,18)(H3,12,13,15,16,17). The SMILES string of the molecule is CCOc1nc(N)nc(NC(C)C(=O)NC2CC2)n1. The highest BCUT2D eigenvalue weighted by molar-refractivity contribution is 5.84. The summed E-state index contributed by atoms with van der Waals surface area (Å²) >= 11 is 0. The molecule has 1 aromatic rings. The van der Waals surface area contributed by atoms with Crippen LogP contribution in [0.3, 0.4) is 0 Å². The zero-order chi connectivity index (χ0) is 13.8. The van der Waals surface area contributed by atoms with Gasteiger partial charge in [0.1, 0.15) is 6.04 Å². The number of carbonyl (C=O) groups is 1. The van der Waals surface area contributed by atoms with Crippen LogP contribution in [-0.2, 0) is 4.79 Å². The van der Waals surface area contributed by atoms with Crippen LogP contribution in [0.4, 0.5) is 11.9 Å². The van der Waals surface area contributed by atoms with Gasteiger partial charge in [0.2, 0.25) is 17.8 Å². The molecule has 0 radical (unpaired) electrons. The van der Waals surface area contributed by atoms with Crippen molar-refractivity contribution in [2.24, 2.45) is 0 Å². The molecule has 0 bridgehead atoms. The fourth-order valence-corrected chi connectivity index (χ4v) is 1.44. The van der Waals surface area contributed by atoms with Crippen LogP contribution >= 0.6 is 0 Å². The highest BCUT2D eigenvalue weighted by atomic mass is 16.5. The first kappa shape index (κ1) is 13.3. The van der Waals surface area contributed by atoms with Gasteiger partial charge in [-0.25, -0.2) is 0 Å². The number of nitrogen functional groups attached to an aromatic ring is 1. The minimum absolute atomic E-state index is 0.0516. The topological polar surface area (TPSA) is 115 Å². The van der Waals surface area contributed by atoms with Crippen molar-refractivity contribution < 1.29 is 9.53 Å². The summed E-state index contributed by atoms with van der Waals surface area (Å²) in [6.45, 7) is 3.98. The van der Waals surface area contributed by atoms with Gasteiger partial charge in [-0.1, -0.05) is 0 Å². The summed E-state index contributed by atoms with van der Waals surface area (Å²) in [6.07, 6.45) is 2.09. The van der Waals surface area contributed by atoms with E-state index in [1.807, 2.05) is 6.92 Å². The summed E-state index contributed by atoms with van der Waals surface area (Å²) in [4.78, 5) is 23.6. The lowest BCUT2D eigenvalue weighted by atomic mass is 10.3. The van der Waals surface area contributed by atoms with Gasteiger partial charge in [-0.15, -0.1) is 0 Å². The second kappa shape index (κ2) is 5.68. The Morgan fingerprint density at radius 1 is 1.47 bits per heavy atom. The van der Waals surface area contributed by atoms with E-state index in [0.717, 1.165) is 12.8 Å². The Hall–Kier alpha value is -2.12. The molecule has 104 valence electrons. The zero-order valence-electron chi connectivity index (χ0n) is 11.0. The molecule has 19 heavy (non-hydrogen) atoms. The van der Waals surface area contributed by atoms with Crippen molar-refractivity contribution >= 4 is 17.8 Å². The highest BCUT2D eigenvalue weighted by Crippen LogP contribution is 2.19. The second-order valence-electron chi connectivity index (χ2n) is 4.38. The first-order valence-corrected chi connectivity index (χ1v) is 6.29. The normalized spacial score (nSPS) is 15.7. The number of nitrogens with two attached hydrogens (primary N) is 1. The average Bonchev–Trinajstić information content (AvgIpc) is 3.12. The van der Waals surface area contributed by atoms with Gasteiger partial charge in [0.05, 0.1) is 6.61 Å². The number of hydrogen-bond donors (Lipinski definition) is 3. The minimum atomic E-state index is -0.447. The van der Waals surface area contributed by atoms with Crippen molar-refractivity contribution in [1.82, 2.24) is 20.3 Å². The Morgan fingerprint density at radius 3 is 2.84 bits per heavy atom.